The molecule has 2 rings (SSSR count). The Morgan fingerprint density at radius 2 is 1.95 bits per heavy atom. The van der Waals surface area contributed by atoms with Crippen molar-refractivity contribution in [3.8, 4) is 0 Å². The van der Waals surface area contributed by atoms with Crippen molar-refractivity contribution in [1.29, 1.82) is 0 Å². The van der Waals surface area contributed by atoms with Crippen LogP contribution in [0.3, 0.4) is 0 Å². The van der Waals surface area contributed by atoms with Gasteiger partial charge in [0.2, 0.25) is 0 Å². The van der Waals surface area contributed by atoms with Gasteiger partial charge in [0.15, 0.2) is 5.69 Å². The van der Waals surface area contributed by atoms with Gasteiger partial charge >= 0.3 is 5.97 Å². The third-order valence-corrected chi connectivity index (χ3v) is 4.82. The Morgan fingerprint density at radius 3 is 2.47 bits per heavy atom. The van der Waals surface area contributed by atoms with Crippen molar-refractivity contribution in [1.82, 2.24) is 9.88 Å². The first kappa shape index (κ1) is 14.5. The van der Waals surface area contributed by atoms with E-state index in [4.69, 9.17) is 0 Å². The Hall–Kier alpha value is -0.940. The second-order valence-electron chi connectivity index (χ2n) is 5.47. The van der Waals surface area contributed by atoms with E-state index >= 15 is 0 Å². The van der Waals surface area contributed by atoms with Crippen LogP contribution in [-0.4, -0.2) is 34.0 Å². The molecule has 2 heterocycles. The van der Waals surface area contributed by atoms with Crippen LogP contribution in [0, 0.1) is 0 Å². The predicted octanol–water partition coefficient (Wildman–Crippen LogP) is 3.34. The van der Waals surface area contributed by atoms with Crippen molar-refractivity contribution < 1.29 is 9.90 Å². The zero-order chi connectivity index (χ0) is 13.8. The predicted molar refractivity (Wildman–Crippen MR) is 76.9 cm³/mol. The summed E-state index contributed by atoms with van der Waals surface area (Å²) in [4.78, 5) is 18.9. The topological polar surface area (TPSA) is 53.4 Å². The van der Waals surface area contributed by atoms with Crippen molar-refractivity contribution in [2.45, 2.75) is 52.0 Å². The van der Waals surface area contributed by atoms with Gasteiger partial charge in [-0.25, -0.2) is 9.78 Å². The molecule has 1 fully saturated rings. The number of hydrogen-bond acceptors (Lipinski definition) is 4. The van der Waals surface area contributed by atoms with Gasteiger partial charge in [-0.2, -0.15) is 0 Å². The molecular formula is C14H22N2O2S. The number of aromatic carboxylic acids is 1. The molecule has 0 saturated carbocycles. The van der Waals surface area contributed by atoms with Crippen molar-refractivity contribution in [2.24, 2.45) is 0 Å². The van der Waals surface area contributed by atoms with Crippen LogP contribution in [-0.2, 0) is 6.54 Å². The molecule has 0 aliphatic carbocycles. The molecule has 1 N–H and O–H groups in total. The highest BCUT2D eigenvalue weighted by Gasteiger charge is 2.21. The molecule has 1 aromatic heterocycles. The van der Waals surface area contributed by atoms with Crippen LogP contribution in [0.5, 0.6) is 0 Å². The summed E-state index contributed by atoms with van der Waals surface area (Å²) >= 11 is 1.56. The fraction of sp³-hybridized carbons (Fsp3) is 0.714. The van der Waals surface area contributed by atoms with E-state index in [1.54, 1.807) is 11.3 Å². The van der Waals surface area contributed by atoms with Gasteiger partial charge in [-0.3, -0.25) is 4.90 Å². The lowest BCUT2D eigenvalue weighted by atomic mass is 10.2. The molecule has 0 bridgehead atoms. The molecule has 1 aromatic rings. The zero-order valence-corrected chi connectivity index (χ0v) is 12.5. The summed E-state index contributed by atoms with van der Waals surface area (Å²) in [5.74, 6) is -0.603. The second-order valence-corrected chi connectivity index (χ2v) is 6.59. The molecule has 1 aliphatic heterocycles. The Kier molecular flexibility index (Phi) is 4.93. The minimum absolute atomic E-state index is 0.262. The molecule has 0 unspecified atom stereocenters. The number of carboxylic acid groups (broad SMARTS) is 1. The molecule has 19 heavy (non-hydrogen) atoms. The third-order valence-electron chi connectivity index (χ3n) is 3.48. The molecular weight excluding hydrogens is 260 g/mol. The van der Waals surface area contributed by atoms with E-state index in [2.05, 4.69) is 23.7 Å². The van der Waals surface area contributed by atoms with E-state index in [9.17, 15) is 9.90 Å². The summed E-state index contributed by atoms with van der Waals surface area (Å²) in [6, 6.07) is 0. The number of carboxylic acids is 1. The fourth-order valence-corrected chi connectivity index (χ4v) is 3.49. The lowest BCUT2D eigenvalue weighted by Gasteiger charge is -2.18. The molecule has 0 aromatic carbocycles. The van der Waals surface area contributed by atoms with E-state index in [-0.39, 0.29) is 5.69 Å². The highest BCUT2D eigenvalue weighted by molar-refractivity contribution is 7.12. The molecule has 0 spiro atoms. The average Bonchev–Trinajstić information content (AvgIpc) is 2.60. The van der Waals surface area contributed by atoms with Gasteiger partial charge in [0.1, 0.15) is 0 Å². The van der Waals surface area contributed by atoms with Crippen LogP contribution in [0.25, 0.3) is 0 Å². The number of thiazole rings is 1. The number of carbonyl (C=O) groups is 1. The van der Waals surface area contributed by atoms with E-state index < -0.39 is 5.97 Å². The van der Waals surface area contributed by atoms with Crippen molar-refractivity contribution in [3.05, 3.63) is 15.6 Å². The first-order valence-corrected chi connectivity index (χ1v) is 7.85. The number of nitrogens with zero attached hydrogens (tertiary/aromatic N) is 2. The Labute approximate surface area is 118 Å². The normalized spacial score (nSPS) is 17.6. The van der Waals surface area contributed by atoms with Crippen LogP contribution in [0.4, 0.5) is 0 Å². The van der Waals surface area contributed by atoms with Crippen LogP contribution in [0.2, 0.25) is 0 Å². The highest BCUT2D eigenvalue weighted by Crippen LogP contribution is 2.27. The standard InChI is InChI=1S/C14H22N2O2S/c1-10(2)13-15-12(14(17)18)11(19-13)9-16-7-5-3-4-6-8-16/h10H,3-9H2,1-2H3,(H,17,18). The van der Waals surface area contributed by atoms with Crippen molar-refractivity contribution in [3.63, 3.8) is 0 Å². The summed E-state index contributed by atoms with van der Waals surface area (Å²) in [6.07, 6.45) is 5.03. The second kappa shape index (κ2) is 6.48. The lowest BCUT2D eigenvalue weighted by Crippen LogP contribution is -2.24. The fourth-order valence-electron chi connectivity index (χ4n) is 2.39. The SMILES string of the molecule is CC(C)c1nc(C(=O)O)c(CN2CCCCCC2)s1. The zero-order valence-electron chi connectivity index (χ0n) is 11.7. The molecule has 4 nitrogen and oxygen atoms in total. The molecule has 1 aliphatic rings. The smallest absolute Gasteiger partial charge is 0.355 e. The van der Waals surface area contributed by atoms with Crippen LogP contribution >= 0.6 is 11.3 Å². The quantitative estimate of drug-likeness (QED) is 0.920. The number of rotatable bonds is 4. The summed E-state index contributed by atoms with van der Waals surface area (Å²) in [5, 5.41) is 10.2. The molecule has 0 amide bonds. The van der Waals surface area contributed by atoms with E-state index in [1.165, 1.54) is 25.7 Å². The minimum atomic E-state index is -0.895. The third kappa shape index (κ3) is 3.76. The maximum absolute atomic E-state index is 11.3. The van der Waals surface area contributed by atoms with Gasteiger partial charge in [0.05, 0.1) is 9.88 Å². The van der Waals surface area contributed by atoms with Gasteiger partial charge in [-0.15, -0.1) is 11.3 Å². The number of hydrogen-bond donors (Lipinski definition) is 1. The van der Waals surface area contributed by atoms with E-state index in [1.807, 2.05) is 0 Å². The summed E-state index contributed by atoms with van der Waals surface area (Å²) < 4.78 is 0. The van der Waals surface area contributed by atoms with E-state index in [0.717, 1.165) is 29.5 Å². The molecule has 1 saturated heterocycles. The largest absolute Gasteiger partial charge is 0.476 e. The average molecular weight is 282 g/mol. The first-order chi connectivity index (χ1) is 9.08. The summed E-state index contributed by atoms with van der Waals surface area (Å²) in [7, 11) is 0. The maximum Gasteiger partial charge on any atom is 0.355 e. The molecule has 0 atom stereocenters. The Balaban J connectivity index is 2.15. The number of likely N-dealkylation sites (tertiary alicyclic amines) is 1. The van der Waals surface area contributed by atoms with Crippen LogP contribution in [0.15, 0.2) is 0 Å². The van der Waals surface area contributed by atoms with Crippen molar-refractivity contribution in [2.75, 3.05) is 13.1 Å². The monoisotopic (exact) mass is 282 g/mol. The maximum atomic E-state index is 11.3. The van der Waals surface area contributed by atoms with Gasteiger partial charge in [-0.1, -0.05) is 26.7 Å². The Morgan fingerprint density at radius 1 is 1.32 bits per heavy atom. The molecule has 5 heteroatoms. The first-order valence-electron chi connectivity index (χ1n) is 7.03. The Bertz CT molecular complexity index is 435. The van der Waals surface area contributed by atoms with Gasteiger partial charge < -0.3 is 5.11 Å². The van der Waals surface area contributed by atoms with Crippen LogP contribution < -0.4 is 0 Å². The van der Waals surface area contributed by atoms with Gasteiger partial charge in [0, 0.05) is 12.5 Å². The molecule has 106 valence electrons. The summed E-state index contributed by atoms with van der Waals surface area (Å²) in [5.41, 5.74) is 0.262. The van der Waals surface area contributed by atoms with E-state index in [0.29, 0.717) is 5.92 Å². The van der Waals surface area contributed by atoms with Gasteiger partial charge in [-0.05, 0) is 25.9 Å². The van der Waals surface area contributed by atoms with Crippen molar-refractivity contribution >= 4 is 17.3 Å². The van der Waals surface area contributed by atoms with Crippen LogP contribution in [0.1, 0.15) is 65.8 Å². The summed E-state index contributed by atoms with van der Waals surface area (Å²) in [6.45, 7) is 7.01. The lowest BCUT2D eigenvalue weighted by molar-refractivity contribution is 0.0688. The molecule has 0 radical (unpaired) electrons. The van der Waals surface area contributed by atoms with Gasteiger partial charge in [0.25, 0.3) is 0 Å². The number of aromatic nitrogens is 1. The highest BCUT2D eigenvalue weighted by atomic mass is 32.1. The minimum Gasteiger partial charge on any atom is -0.476 e.